The molecule has 0 radical (unpaired) electrons. The standard InChI is InChI=1S/C15H15FN4O4/c16-15-3-5-24-9-14(15,13(22)23)7-19(8-15)12(21)10-6-17-11-2-1-4-18-20(10)11/h1-2,4,6H,3,5,7-9H2,(H,22,23)/t14-,15+/m1/s1. The lowest BCUT2D eigenvalue weighted by Crippen LogP contribution is -2.56. The zero-order valence-electron chi connectivity index (χ0n) is 12.7. The van der Waals surface area contributed by atoms with E-state index in [2.05, 4.69) is 10.1 Å². The molecule has 1 N–H and O–H groups in total. The highest BCUT2D eigenvalue weighted by atomic mass is 19.1. The number of carbonyl (C=O) groups is 2. The predicted molar refractivity (Wildman–Crippen MR) is 78.2 cm³/mol. The molecule has 0 unspecified atom stereocenters. The van der Waals surface area contributed by atoms with Gasteiger partial charge in [0, 0.05) is 25.8 Å². The number of carboxylic acids is 1. The molecule has 4 rings (SSSR count). The number of hydrogen-bond donors (Lipinski definition) is 1. The Morgan fingerprint density at radius 3 is 2.96 bits per heavy atom. The van der Waals surface area contributed by atoms with Crippen molar-refractivity contribution < 1.29 is 23.8 Å². The largest absolute Gasteiger partial charge is 0.481 e. The Morgan fingerprint density at radius 2 is 2.21 bits per heavy atom. The molecule has 24 heavy (non-hydrogen) atoms. The van der Waals surface area contributed by atoms with Gasteiger partial charge in [0.2, 0.25) is 0 Å². The fourth-order valence-electron chi connectivity index (χ4n) is 3.55. The van der Waals surface area contributed by atoms with Crippen LogP contribution in [0.4, 0.5) is 4.39 Å². The zero-order valence-corrected chi connectivity index (χ0v) is 12.7. The normalized spacial score (nSPS) is 29.6. The molecule has 2 aromatic heterocycles. The second-order valence-corrected chi connectivity index (χ2v) is 6.25. The number of rotatable bonds is 2. The molecule has 0 bridgehead atoms. The van der Waals surface area contributed by atoms with E-state index in [1.807, 2.05) is 0 Å². The van der Waals surface area contributed by atoms with Gasteiger partial charge in [0.05, 0.1) is 19.3 Å². The Hall–Kier alpha value is -2.55. The van der Waals surface area contributed by atoms with Crippen LogP contribution in [-0.4, -0.2) is 68.5 Å². The van der Waals surface area contributed by atoms with E-state index in [0.717, 1.165) is 0 Å². The summed E-state index contributed by atoms with van der Waals surface area (Å²) in [5.41, 5.74) is -3.06. The summed E-state index contributed by atoms with van der Waals surface area (Å²) in [6.45, 7) is -0.613. The molecule has 0 saturated carbocycles. The summed E-state index contributed by atoms with van der Waals surface area (Å²) in [7, 11) is 0. The van der Waals surface area contributed by atoms with Gasteiger partial charge in [-0.1, -0.05) is 0 Å². The van der Waals surface area contributed by atoms with Crippen LogP contribution in [0.25, 0.3) is 5.65 Å². The Morgan fingerprint density at radius 1 is 1.38 bits per heavy atom. The van der Waals surface area contributed by atoms with E-state index in [1.54, 1.807) is 12.1 Å². The first-order valence-electron chi connectivity index (χ1n) is 7.55. The molecular weight excluding hydrogens is 319 g/mol. The van der Waals surface area contributed by atoms with E-state index in [0.29, 0.717) is 5.65 Å². The maximum absolute atomic E-state index is 15.3. The lowest BCUT2D eigenvalue weighted by Gasteiger charge is -2.38. The highest BCUT2D eigenvalue weighted by Crippen LogP contribution is 2.48. The average molecular weight is 334 g/mol. The summed E-state index contributed by atoms with van der Waals surface area (Å²) in [5, 5.41) is 13.6. The monoisotopic (exact) mass is 334 g/mol. The number of halogens is 1. The summed E-state index contributed by atoms with van der Waals surface area (Å²) >= 11 is 0. The number of alkyl halides is 1. The molecule has 2 aliphatic rings. The van der Waals surface area contributed by atoms with Crippen molar-refractivity contribution >= 4 is 17.5 Å². The number of nitrogens with zero attached hydrogens (tertiary/aromatic N) is 4. The van der Waals surface area contributed by atoms with Gasteiger partial charge in [0.15, 0.2) is 17.0 Å². The molecule has 0 spiro atoms. The van der Waals surface area contributed by atoms with Crippen LogP contribution in [-0.2, 0) is 9.53 Å². The van der Waals surface area contributed by atoms with E-state index in [4.69, 9.17) is 4.74 Å². The molecule has 2 atom stereocenters. The Kier molecular flexibility index (Phi) is 3.11. The number of aliphatic carboxylic acids is 1. The second-order valence-electron chi connectivity index (χ2n) is 6.25. The van der Waals surface area contributed by atoms with Gasteiger partial charge in [-0.2, -0.15) is 5.10 Å². The zero-order chi connectivity index (χ0) is 16.9. The topological polar surface area (TPSA) is 97.0 Å². The number of amides is 1. The molecule has 0 aromatic carbocycles. The first-order chi connectivity index (χ1) is 11.5. The third-order valence-electron chi connectivity index (χ3n) is 4.94. The quantitative estimate of drug-likeness (QED) is 0.853. The average Bonchev–Trinajstić information content (AvgIpc) is 3.13. The van der Waals surface area contributed by atoms with Gasteiger partial charge in [-0.05, 0) is 12.1 Å². The lowest BCUT2D eigenvalue weighted by atomic mass is 9.73. The Bertz CT molecular complexity index is 840. The van der Waals surface area contributed by atoms with Crippen molar-refractivity contribution in [1.82, 2.24) is 19.5 Å². The summed E-state index contributed by atoms with van der Waals surface area (Å²) in [6, 6.07) is 3.38. The number of fused-ring (bicyclic) bond motifs is 2. The number of ether oxygens (including phenoxy) is 1. The molecule has 2 saturated heterocycles. The molecule has 126 valence electrons. The smallest absolute Gasteiger partial charge is 0.317 e. The van der Waals surface area contributed by atoms with Crippen molar-refractivity contribution in [2.45, 2.75) is 12.1 Å². The molecule has 9 heteroatoms. The van der Waals surface area contributed by atoms with Crippen LogP contribution in [0.2, 0.25) is 0 Å². The van der Waals surface area contributed by atoms with E-state index in [-0.39, 0.29) is 38.4 Å². The molecule has 2 aromatic rings. The van der Waals surface area contributed by atoms with Gasteiger partial charge in [0.1, 0.15) is 5.41 Å². The minimum atomic E-state index is -2.00. The minimum Gasteiger partial charge on any atom is -0.481 e. The lowest BCUT2D eigenvalue weighted by molar-refractivity contribution is -0.171. The molecule has 2 aliphatic heterocycles. The van der Waals surface area contributed by atoms with Gasteiger partial charge < -0.3 is 14.7 Å². The van der Waals surface area contributed by atoms with Crippen LogP contribution in [0.1, 0.15) is 16.9 Å². The van der Waals surface area contributed by atoms with Crippen molar-refractivity contribution in [3.63, 3.8) is 0 Å². The van der Waals surface area contributed by atoms with Crippen LogP contribution in [0, 0.1) is 5.41 Å². The van der Waals surface area contributed by atoms with Gasteiger partial charge in [-0.25, -0.2) is 13.9 Å². The number of imidazole rings is 1. The first-order valence-corrected chi connectivity index (χ1v) is 7.55. The number of carbonyl (C=O) groups excluding carboxylic acids is 1. The third kappa shape index (κ3) is 1.87. The van der Waals surface area contributed by atoms with Crippen LogP contribution in [0.3, 0.4) is 0 Å². The van der Waals surface area contributed by atoms with Gasteiger partial charge in [-0.15, -0.1) is 0 Å². The highest BCUT2D eigenvalue weighted by molar-refractivity contribution is 5.94. The van der Waals surface area contributed by atoms with Crippen LogP contribution in [0.5, 0.6) is 0 Å². The highest BCUT2D eigenvalue weighted by Gasteiger charge is 2.66. The third-order valence-corrected chi connectivity index (χ3v) is 4.94. The summed E-state index contributed by atoms with van der Waals surface area (Å²) in [5.74, 6) is -1.77. The van der Waals surface area contributed by atoms with E-state index in [1.165, 1.54) is 21.8 Å². The van der Waals surface area contributed by atoms with Crippen molar-refractivity contribution in [1.29, 1.82) is 0 Å². The first kappa shape index (κ1) is 15.0. The maximum Gasteiger partial charge on any atom is 0.317 e. The summed E-state index contributed by atoms with van der Waals surface area (Å²) in [4.78, 5) is 29.9. The van der Waals surface area contributed by atoms with E-state index >= 15 is 4.39 Å². The molecule has 4 heterocycles. The van der Waals surface area contributed by atoms with Gasteiger partial charge in [0.25, 0.3) is 5.91 Å². The number of carboxylic acid groups (broad SMARTS) is 1. The SMILES string of the molecule is O=C(c1cnc2cccnn12)N1C[C@@]2(F)CCOC[C@@]2(C(=O)O)C1. The van der Waals surface area contributed by atoms with E-state index in [9.17, 15) is 14.7 Å². The summed E-state index contributed by atoms with van der Waals surface area (Å²) < 4.78 is 21.9. The van der Waals surface area contributed by atoms with E-state index < -0.39 is 23.0 Å². The predicted octanol–water partition coefficient (Wildman–Crippen LogP) is 0.385. The molecule has 0 aliphatic carbocycles. The minimum absolute atomic E-state index is 0.0471. The summed E-state index contributed by atoms with van der Waals surface area (Å²) in [6.07, 6.45) is 2.83. The fraction of sp³-hybridized carbons (Fsp3) is 0.467. The number of hydrogen-bond acceptors (Lipinski definition) is 5. The van der Waals surface area contributed by atoms with Crippen molar-refractivity contribution in [2.24, 2.45) is 5.41 Å². The number of likely N-dealkylation sites (tertiary alicyclic amines) is 1. The molecule has 1 amide bonds. The van der Waals surface area contributed by atoms with Gasteiger partial charge in [-0.3, -0.25) is 9.59 Å². The fourth-order valence-corrected chi connectivity index (χ4v) is 3.55. The van der Waals surface area contributed by atoms with Crippen LogP contribution in [0.15, 0.2) is 24.5 Å². The van der Waals surface area contributed by atoms with Crippen molar-refractivity contribution in [2.75, 3.05) is 26.3 Å². The van der Waals surface area contributed by atoms with Gasteiger partial charge >= 0.3 is 5.97 Å². The maximum atomic E-state index is 15.3. The Balaban J connectivity index is 1.71. The molecular formula is C15H15FN4O4. The molecule has 2 fully saturated rings. The number of aromatic nitrogens is 3. The van der Waals surface area contributed by atoms with Crippen molar-refractivity contribution in [3.8, 4) is 0 Å². The molecule has 8 nitrogen and oxygen atoms in total. The van der Waals surface area contributed by atoms with Crippen LogP contribution >= 0.6 is 0 Å². The van der Waals surface area contributed by atoms with Crippen LogP contribution < -0.4 is 0 Å². The second kappa shape index (κ2) is 4.97. The van der Waals surface area contributed by atoms with Crippen molar-refractivity contribution in [3.05, 3.63) is 30.2 Å². The Labute approximate surface area is 135 Å².